The predicted molar refractivity (Wildman–Crippen MR) is 134 cm³/mol. The summed E-state index contributed by atoms with van der Waals surface area (Å²) in [4.78, 5) is 4.73. The molecule has 1 aromatic heterocycles. The molecule has 0 N–H and O–H groups in total. The van der Waals surface area contributed by atoms with Gasteiger partial charge in [0.15, 0.2) is 0 Å². The Morgan fingerprint density at radius 2 is 1.44 bits per heavy atom. The summed E-state index contributed by atoms with van der Waals surface area (Å²) >= 11 is 0. The monoisotopic (exact) mass is 502 g/mol. The van der Waals surface area contributed by atoms with Gasteiger partial charge in [0.2, 0.25) is 0 Å². The van der Waals surface area contributed by atoms with Crippen molar-refractivity contribution in [2.45, 2.75) is 58.0 Å². The Balaban J connectivity index is 0.000000282. The van der Waals surface area contributed by atoms with Gasteiger partial charge in [0, 0.05) is 11.4 Å². The molecule has 3 heteroatoms. The first-order valence-electron chi connectivity index (χ1n) is 11.1. The van der Waals surface area contributed by atoms with Gasteiger partial charge in [0.25, 0.3) is 0 Å². The summed E-state index contributed by atoms with van der Waals surface area (Å²) in [5.41, 5.74) is 4.49. The Morgan fingerprint density at radius 1 is 0.875 bits per heavy atom. The van der Waals surface area contributed by atoms with E-state index in [1.807, 2.05) is 60.7 Å². The van der Waals surface area contributed by atoms with Crippen molar-refractivity contribution in [3.63, 3.8) is 0 Å². The topological polar surface area (TPSA) is 27.0 Å². The van der Waals surface area contributed by atoms with E-state index >= 15 is 0 Å². The number of hydrogen-bond acceptors (Lipinski definition) is 1. The number of benzene rings is 2. The SMILES string of the molecule is CC(C)(C)[N-]Cc1cccc(C2[CH-]CCC2)n1.[CH2-]c1ccccc1.[CH2-]c1ccccc1.[Zr+4]. The van der Waals surface area contributed by atoms with E-state index in [1.54, 1.807) is 0 Å². The largest absolute Gasteiger partial charge is 4.00 e. The molecule has 1 aliphatic rings. The average Bonchev–Trinajstić information content (AvgIpc) is 3.29. The Morgan fingerprint density at radius 3 is 1.84 bits per heavy atom. The number of rotatable bonds is 3. The molecule has 1 heterocycles. The molecule has 2 nitrogen and oxygen atoms in total. The molecule has 3 aromatic rings. The van der Waals surface area contributed by atoms with Crippen molar-refractivity contribution in [1.82, 2.24) is 4.98 Å². The second kappa shape index (κ2) is 15.1. The van der Waals surface area contributed by atoms with Crippen LogP contribution in [-0.4, -0.2) is 10.5 Å². The van der Waals surface area contributed by atoms with E-state index in [0.717, 1.165) is 23.4 Å². The summed E-state index contributed by atoms with van der Waals surface area (Å²) < 4.78 is 0. The fourth-order valence-electron chi connectivity index (χ4n) is 3.11. The van der Waals surface area contributed by atoms with E-state index < -0.39 is 0 Å². The molecule has 1 unspecified atom stereocenters. The molecule has 1 saturated carbocycles. The summed E-state index contributed by atoms with van der Waals surface area (Å²) in [5, 5.41) is 4.62. The minimum atomic E-state index is 0. The molecule has 0 spiro atoms. The molecule has 4 rings (SSSR count). The molecule has 0 aliphatic heterocycles. The van der Waals surface area contributed by atoms with E-state index in [2.05, 4.69) is 64.6 Å². The second-order valence-corrected chi connectivity index (χ2v) is 8.79. The van der Waals surface area contributed by atoms with Crippen molar-refractivity contribution in [2.24, 2.45) is 0 Å². The van der Waals surface area contributed by atoms with Crippen LogP contribution in [0.15, 0.2) is 78.9 Å². The predicted octanol–water partition coefficient (Wildman–Crippen LogP) is 7.96. The van der Waals surface area contributed by atoms with Crippen molar-refractivity contribution in [2.75, 3.05) is 0 Å². The van der Waals surface area contributed by atoms with Crippen LogP contribution in [-0.2, 0) is 32.7 Å². The third-order valence-electron chi connectivity index (χ3n) is 4.78. The molecule has 0 amide bonds. The third-order valence-corrected chi connectivity index (χ3v) is 4.78. The summed E-state index contributed by atoms with van der Waals surface area (Å²) in [6.07, 6.45) is 6.20. The van der Waals surface area contributed by atoms with Crippen LogP contribution in [0.2, 0.25) is 0 Å². The summed E-state index contributed by atoms with van der Waals surface area (Å²) in [6.45, 7) is 14.5. The van der Waals surface area contributed by atoms with Gasteiger partial charge in [0.1, 0.15) is 0 Å². The second-order valence-electron chi connectivity index (χ2n) is 8.79. The summed E-state index contributed by atoms with van der Waals surface area (Å²) in [5.74, 6) is 0.574. The van der Waals surface area contributed by atoms with Crippen molar-refractivity contribution < 1.29 is 26.2 Å². The zero-order valence-electron chi connectivity index (χ0n) is 19.8. The average molecular weight is 504 g/mol. The normalized spacial score (nSPS) is 14.8. The van der Waals surface area contributed by atoms with E-state index in [-0.39, 0.29) is 31.7 Å². The van der Waals surface area contributed by atoms with Gasteiger partial charge in [0.05, 0.1) is 0 Å². The van der Waals surface area contributed by atoms with Crippen molar-refractivity contribution in [3.05, 3.63) is 127 Å². The van der Waals surface area contributed by atoms with Gasteiger partial charge >= 0.3 is 26.2 Å². The summed E-state index contributed by atoms with van der Waals surface area (Å²) in [7, 11) is 0. The maximum atomic E-state index is 4.73. The number of hydrogen-bond donors (Lipinski definition) is 0. The molecule has 2 aromatic carbocycles. The van der Waals surface area contributed by atoms with E-state index in [0.29, 0.717) is 5.92 Å². The number of aromatic nitrogens is 1. The number of pyridine rings is 1. The van der Waals surface area contributed by atoms with Gasteiger partial charge in [-0.25, -0.2) is 0 Å². The number of nitrogens with zero attached hydrogens (tertiary/aromatic N) is 2. The van der Waals surface area contributed by atoms with E-state index in [4.69, 9.17) is 4.98 Å². The first kappa shape index (κ1) is 28.2. The van der Waals surface area contributed by atoms with Crippen LogP contribution in [0, 0.1) is 20.3 Å². The van der Waals surface area contributed by atoms with Gasteiger partial charge < -0.3 is 11.7 Å². The quantitative estimate of drug-likeness (QED) is 0.333. The van der Waals surface area contributed by atoms with Crippen LogP contribution >= 0.6 is 0 Å². The molecule has 0 bridgehead atoms. The Hall–Kier alpha value is -1.83. The van der Waals surface area contributed by atoms with Gasteiger partial charge in [-0.05, 0) is 12.1 Å². The van der Waals surface area contributed by atoms with Gasteiger partial charge in [-0.2, -0.15) is 55.7 Å². The molecule has 1 aliphatic carbocycles. The molecule has 32 heavy (non-hydrogen) atoms. The van der Waals surface area contributed by atoms with Crippen LogP contribution in [0.1, 0.15) is 68.5 Å². The maximum Gasteiger partial charge on any atom is 4.00 e. The molecule has 166 valence electrons. The smallest absolute Gasteiger partial charge is 0.652 e. The molecule has 0 radical (unpaired) electrons. The van der Waals surface area contributed by atoms with Crippen LogP contribution in [0.4, 0.5) is 0 Å². The van der Waals surface area contributed by atoms with Gasteiger partial charge in [-0.3, -0.25) is 4.98 Å². The minimum Gasteiger partial charge on any atom is -0.652 e. The Kier molecular flexibility index (Phi) is 13.3. The Labute approximate surface area is 215 Å². The van der Waals surface area contributed by atoms with Gasteiger partial charge in [-0.15, -0.1) is 42.3 Å². The molecule has 0 saturated heterocycles. The van der Waals surface area contributed by atoms with Gasteiger partial charge in [-0.1, -0.05) is 51.8 Å². The van der Waals surface area contributed by atoms with Crippen LogP contribution in [0.25, 0.3) is 5.32 Å². The van der Waals surface area contributed by atoms with Crippen molar-refractivity contribution in [1.29, 1.82) is 0 Å². The van der Waals surface area contributed by atoms with E-state index in [1.165, 1.54) is 25.0 Å². The zero-order chi connectivity index (χ0) is 22.5. The Bertz CT molecular complexity index is 814. The van der Waals surface area contributed by atoms with Crippen LogP contribution < -0.4 is 0 Å². The van der Waals surface area contributed by atoms with Crippen molar-refractivity contribution >= 4 is 0 Å². The molecular weight excluding hydrogens is 468 g/mol. The standard InChI is InChI=1S/C15H22N2.2C7H7.Zr/c1-15(2,3)16-11-13-9-6-10-14(17-13)12-7-4-5-8-12;2*1-7-5-3-2-4-6-7;/h6-7,9-10,12H,4-5,8,11H2,1-3H3;2*2-6H,1H2;/q-2;2*-1;+4. The molecule has 1 atom stereocenters. The first-order chi connectivity index (χ1) is 14.8. The van der Waals surface area contributed by atoms with Crippen LogP contribution in [0.5, 0.6) is 0 Å². The third kappa shape index (κ3) is 12.3. The molecular formula is C29H36N2Zr. The summed E-state index contributed by atoms with van der Waals surface area (Å²) in [6, 6.07) is 26.1. The fraction of sp³-hybridized carbons (Fsp3) is 0.310. The van der Waals surface area contributed by atoms with Crippen LogP contribution in [0.3, 0.4) is 0 Å². The van der Waals surface area contributed by atoms with Crippen molar-refractivity contribution in [3.8, 4) is 0 Å². The molecule has 1 fully saturated rings. The fourth-order valence-corrected chi connectivity index (χ4v) is 3.11. The van der Waals surface area contributed by atoms with E-state index in [9.17, 15) is 0 Å². The minimum absolute atomic E-state index is 0. The maximum absolute atomic E-state index is 4.73. The first-order valence-corrected chi connectivity index (χ1v) is 11.1. The zero-order valence-corrected chi connectivity index (χ0v) is 22.3.